The van der Waals surface area contributed by atoms with Gasteiger partial charge in [0.2, 0.25) is 0 Å². The van der Waals surface area contributed by atoms with Gasteiger partial charge in [0.15, 0.2) is 0 Å². The first-order valence-electron chi connectivity index (χ1n) is 12.6. The molecule has 2 amide bonds. The average Bonchev–Trinajstić information content (AvgIpc) is 3.23. The number of hydrogen-bond donors (Lipinski definition) is 1. The molecule has 0 bridgehead atoms. The Hall–Kier alpha value is -4.13. The molecule has 1 fully saturated rings. The molecule has 0 spiro atoms. The molecule has 37 heavy (non-hydrogen) atoms. The van der Waals surface area contributed by atoms with Gasteiger partial charge >= 0.3 is 0 Å². The lowest BCUT2D eigenvalue weighted by Gasteiger charge is -2.33. The predicted octanol–water partition coefficient (Wildman–Crippen LogP) is 5.37. The van der Waals surface area contributed by atoms with Crippen molar-refractivity contribution in [3.8, 4) is 5.75 Å². The van der Waals surface area contributed by atoms with Crippen molar-refractivity contribution in [2.45, 2.75) is 46.3 Å². The summed E-state index contributed by atoms with van der Waals surface area (Å²) in [5, 5.41) is 9.13. The fraction of sp³-hybridized carbons (Fsp3) is 0.300. The van der Waals surface area contributed by atoms with Crippen molar-refractivity contribution >= 4 is 22.6 Å². The van der Waals surface area contributed by atoms with Gasteiger partial charge < -0.3 is 19.5 Å². The van der Waals surface area contributed by atoms with Crippen molar-refractivity contribution in [1.82, 2.24) is 15.4 Å². The number of likely N-dealkylation sites (tertiary alicyclic amines) is 1. The van der Waals surface area contributed by atoms with Crippen molar-refractivity contribution in [3.05, 3.63) is 94.4 Å². The minimum Gasteiger partial charge on any atom is -0.488 e. The lowest BCUT2D eigenvalue weighted by molar-refractivity contribution is 0.0693. The second kappa shape index (κ2) is 10.5. The van der Waals surface area contributed by atoms with Gasteiger partial charge in [-0.2, -0.15) is 0 Å². The Kier molecular flexibility index (Phi) is 6.95. The third kappa shape index (κ3) is 5.21. The zero-order valence-corrected chi connectivity index (χ0v) is 21.4. The molecule has 1 saturated heterocycles. The van der Waals surface area contributed by atoms with Gasteiger partial charge in [0, 0.05) is 24.7 Å². The number of ether oxygens (including phenoxy) is 1. The van der Waals surface area contributed by atoms with Crippen LogP contribution >= 0.6 is 0 Å². The molecule has 0 unspecified atom stereocenters. The van der Waals surface area contributed by atoms with Crippen molar-refractivity contribution < 1.29 is 18.8 Å². The topological polar surface area (TPSA) is 84.7 Å². The molecule has 1 aromatic heterocycles. The quantitative estimate of drug-likeness (QED) is 0.387. The number of carbonyl (C=O) groups is 2. The first-order chi connectivity index (χ1) is 17.9. The van der Waals surface area contributed by atoms with Crippen LogP contribution < -0.4 is 10.1 Å². The number of aromatic nitrogens is 1. The maximum absolute atomic E-state index is 13.7. The van der Waals surface area contributed by atoms with E-state index in [1.807, 2.05) is 86.3 Å². The van der Waals surface area contributed by atoms with Gasteiger partial charge in [-0.1, -0.05) is 47.6 Å². The summed E-state index contributed by atoms with van der Waals surface area (Å²) in [6, 6.07) is 19.4. The molecular weight excluding hydrogens is 466 g/mol. The lowest BCUT2D eigenvalue weighted by Crippen LogP contribution is -2.46. The van der Waals surface area contributed by atoms with Crippen LogP contribution in [0.4, 0.5) is 0 Å². The number of piperidine rings is 1. The van der Waals surface area contributed by atoms with Crippen LogP contribution in [-0.4, -0.2) is 41.0 Å². The Morgan fingerprint density at radius 2 is 1.65 bits per heavy atom. The van der Waals surface area contributed by atoms with Crippen molar-refractivity contribution in [1.29, 1.82) is 0 Å². The fourth-order valence-electron chi connectivity index (χ4n) is 4.85. The van der Waals surface area contributed by atoms with Crippen LogP contribution in [0.2, 0.25) is 0 Å². The number of amides is 2. The first-order valence-corrected chi connectivity index (χ1v) is 12.6. The third-order valence-electron chi connectivity index (χ3n) is 7.14. The van der Waals surface area contributed by atoms with Gasteiger partial charge in [-0.25, -0.2) is 0 Å². The molecule has 7 heteroatoms. The van der Waals surface area contributed by atoms with Crippen molar-refractivity contribution in [2.24, 2.45) is 0 Å². The number of benzene rings is 3. The summed E-state index contributed by atoms with van der Waals surface area (Å²) in [6.45, 7) is 7.07. The normalized spacial score (nSPS) is 14.1. The van der Waals surface area contributed by atoms with Crippen LogP contribution in [0.3, 0.4) is 0 Å². The highest BCUT2D eigenvalue weighted by Crippen LogP contribution is 2.29. The number of nitrogens with one attached hydrogen (secondary N) is 1. The number of nitrogens with zero attached hydrogens (tertiary/aromatic N) is 2. The van der Waals surface area contributed by atoms with E-state index in [1.54, 1.807) is 0 Å². The molecule has 190 valence electrons. The molecule has 4 aromatic rings. The van der Waals surface area contributed by atoms with Crippen LogP contribution in [0.5, 0.6) is 5.75 Å². The second-order valence-corrected chi connectivity index (χ2v) is 9.64. The van der Waals surface area contributed by atoms with Gasteiger partial charge in [-0.3, -0.25) is 9.59 Å². The highest BCUT2D eigenvalue weighted by atomic mass is 16.5. The molecule has 5 rings (SSSR count). The molecule has 1 N–H and O–H groups in total. The number of carbonyl (C=O) groups excluding carboxylic acids is 2. The predicted molar refractivity (Wildman–Crippen MR) is 142 cm³/mol. The number of rotatable bonds is 6. The van der Waals surface area contributed by atoms with Crippen LogP contribution in [0.25, 0.3) is 10.8 Å². The van der Waals surface area contributed by atoms with E-state index in [-0.39, 0.29) is 24.5 Å². The summed E-state index contributed by atoms with van der Waals surface area (Å²) < 4.78 is 11.5. The molecule has 1 aliphatic heterocycles. The summed E-state index contributed by atoms with van der Waals surface area (Å²) in [6.07, 6.45) is 1.40. The van der Waals surface area contributed by atoms with Crippen LogP contribution in [-0.2, 0) is 6.61 Å². The van der Waals surface area contributed by atoms with Crippen LogP contribution in [0.1, 0.15) is 56.1 Å². The maximum atomic E-state index is 13.7. The molecule has 0 radical (unpaired) electrons. The Morgan fingerprint density at radius 1 is 0.973 bits per heavy atom. The van der Waals surface area contributed by atoms with E-state index >= 15 is 0 Å². The van der Waals surface area contributed by atoms with E-state index in [9.17, 15) is 9.59 Å². The molecule has 2 heterocycles. The van der Waals surface area contributed by atoms with Gasteiger partial charge in [-0.05, 0) is 68.1 Å². The van der Waals surface area contributed by atoms with Gasteiger partial charge in [0.05, 0.1) is 16.8 Å². The summed E-state index contributed by atoms with van der Waals surface area (Å²) in [7, 11) is 0. The van der Waals surface area contributed by atoms with Crippen molar-refractivity contribution in [2.75, 3.05) is 13.1 Å². The van der Waals surface area contributed by atoms with E-state index in [4.69, 9.17) is 9.26 Å². The maximum Gasteiger partial charge on any atom is 0.257 e. The highest BCUT2D eigenvalue weighted by molar-refractivity contribution is 6.01. The third-order valence-corrected chi connectivity index (χ3v) is 7.14. The van der Waals surface area contributed by atoms with Gasteiger partial charge in [0.25, 0.3) is 11.8 Å². The Balaban J connectivity index is 1.30. The van der Waals surface area contributed by atoms with Crippen LogP contribution in [0.15, 0.2) is 65.2 Å². The molecule has 0 saturated carbocycles. The summed E-state index contributed by atoms with van der Waals surface area (Å²) in [5.74, 6) is 1.12. The van der Waals surface area contributed by atoms with E-state index in [0.717, 1.165) is 27.6 Å². The minimum atomic E-state index is -0.0665. The van der Waals surface area contributed by atoms with E-state index in [1.165, 1.54) is 0 Å². The van der Waals surface area contributed by atoms with Crippen molar-refractivity contribution in [3.63, 3.8) is 0 Å². The van der Waals surface area contributed by atoms with Gasteiger partial charge in [-0.15, -0.1) is 0 Å². The van der Waals surface area contributed by atoms with E-state index in [2.05, 4.69) is 10.5 Å². The standard InChI is InChI=1S/C30H31N3O4/c1-19-8-4-7-11-25(19)29(34)31-24-12-14-33(15-13-24)30(35)26-16-22-9-5-6-10-23(22)17-28(26)36-18-27-20(2)32-37-21(27)3/h4-11,16-17,24H,12-15,18H2,1-3H3,(H,31,34). The van der Waals surface area contributed by atoms with E-state index < -0.39 is 0 Å². The first kappa shape index (κ1) is 24.6. The summed E-state index contributed by atoms with van der Waals surface area (Å²) in [5.41, 5.74) is 3.84. The van der Waals surface area contributed by atoms with Gasteiger partial charge in [0.1, 0.15) is 18.1 Å². The SMILES string of the molecule is Cc1ccccc1C(=O)NC1CCN(C(=O)c2cc3ccccc3cc2OCc2c(C)noc2C)CC1. The monoisotopic (exact) mass is 497 g/mol. The number of aryl methyl sites for hydroxylation is 3. The molecule has 1 aliphatic rings. The number of hydrogen-bond acceptors (Lipinski definition) is 5. The zero-order valence-electron chi connectivity index (χ0n) is 21.4. The Labute approximate surface area is 216 Å². The number of fused-ring (bicyclic) bond motifs is 1. The molecule has 7 nitrogen and oxygen atoms in total. The molecule has 0 atom stereocenters. The molecule has 3 aromatic carbocycles. The largest absolute Gasteiger partial charge is 0.488 e. The second-order valence-electron chi connectivity index (χ2n) is 9.64. The summed E-state index contributed by atoms with van der Waals surface area (Å²) in [4.78, 5) is 28.3. The zero-order chi connectivity index (χ0) is 25.9. The smallest absolute Gasteiger partial charge is 0.257 e. The lowest BCUT2D eigenvalue weighted by atomic mass is 10.0. The molecular formula is C30H31N3O4. The Morgan fingerprint density at radius 3 is 2.32 bits per heavy atom. The van der Waals surface area contributed by atoms with Crippen LogP contribution in [0, 0.1) is 20.8 Å². The Bertz CT molecular complexity index is 1430. The molecule has 0 aliphatic carbocycles. The fourth-order valence-corrected chi connectivity index (χ4v) is 4.85. The highest BCUT2D eigenvalue weighted by Gasteiger charge is 2.27. The summed E-state index contributed by atoms with van der Waals surface area (Å²) >= 11 is 0. The van der Waals surface area contributed by atoms with E-state index in [0.29, 0.717) is 48.6 Å². The average molecular weight is 498 g/mol. The minimum absolute atomic E-state index is 0.0306.